The van der Waals surface area contributed by atoms with Crippen molar-refractivity contribution in [3.63, 3.8) is 0 Å². The standard InChI is InChI=1S/C46H33N5S/c47-29-31-12-9-18-36(26-31)45(48)51-46(34-16-5-2-6-17-34)50(51)30-32-13-10-19-37(27-32)49-42-28-35(24-25-38(42)33-14-3-1-4-15-33)39-21-11-22-41-40-20-7-8-23-43(40)52-44(39)41/h1-28,46,48-49H,30H2. The van der Waals surface area contributed by atoms with E-state index in [0.717, 1.165) is 39.2 Å². The van der Waals surface area contributed by atoms with Crippen LogP contribution in [0.1, 0.15) is 28.4 Å². The first-order chi connectivity index (χ1) is 25.6. The predicted octanol–water partition coefficient (Wildman–Crippen LogP) is 11.8. The molecule has 52 heavy (non-hydrogen) atoms. The summed E-state index contributed by atoms with van der Waals surface area (Å²) in [7, 11) is 0. The van der Waals surface area contributed by atoms with Crippen LogP contribution in [0.5, 0.6) is 0 Å². The van der Waals surface area contributed by atoms with Crippen LogP contribution >= 0.6 is 11.3 Å². The smallest absolute Gasteiger partial charge is 0.144 e. The van der Waals surface area contributed by atoms with Crippen molar-refractivity contribution in [2.75, 3.05) is 5.32 Å². The second-order valence-electron chi connectivity index (χ2n) is 13.0. The van der Waals surface area contributed by atoms with Crippen LogP contribution in [0.15, 0.2) is 170 Å². The average molecular weight is 688 g/mol. The fourth-order valence-electron chi connectivity index (χ4n) is 7.18. The van der Waals surface area contributed by atoms with Crippen molar-refractivity contribution in [3.05, 3.63) is 192 Å². The van der Waals surface area contributed by atoms with Crippen LogP contribution in [0.4, 0.5) is 11.4 Å². The molecule has 2 N–H and O–H groups in total. The summed E-state index contributed by atoms with van der Waals surface area (Å²) in [6.07, 6.45) is -0.0750. The van der Waals surface area contributed by atoms with Gasteiger partial charge in [0.2, 0.25) is 0 Å². The number of nitrogens with one attached hydrogen (secondary N) is 2. The first-order valence-corrected chi connectivity index (χ1v) is 18.1. The van der Waals surface area contributed by atoms with Crippen LogP contribution in [-0.4, -0.2) is 15.9 Å². The van der Waals surface area contributed by atoms with Gasteiger partial charge in [-0.15, -0.1) is 11.3 Å². The highest BCUT2D eigenvalue weighted by Gasteiger charge is 2.48. The maximum atomic E-state index is 9.48. The molecule has 1 aliphatic rings. The zero-order valence-electron chi connectivity index (χ0n) is 28.2. The van der Waals surface area contributed by atoms with Gasteiger partial charge in [-0.05, 0) is 64.2 Å². The number of amidine groups is 1. The van der Waals surface area contributed by atoms with Gasteiger partial charge in [0.05, 0.1) is 11.6 Å². The summed E-state index contributed by atoms with van der Waals surface area (Å²) in [6.45, 7) is 0.620. The van der Waals surface area contributed by atoms with Gasteiger partial charge in [-0.1, -0.05) is 133 Å². The summed E-state index contributed by atoms with van der Waals surface area (Å²) in [4.78, 5) is 0. The Hall–Kier alpha value is -6.52. The van der Waals surface area contributed by atoms with E-state index in [1.807, 2.05) is 46.7 Å². The topological polar surface area (TPSA) is 65.7 Å². The lowest BCUT2D eigenvalue weighted by Crippen LogP contribution is -2.16. The van der Waals surface area contributed by atoms with Crippen LogP contribution < -0.4 is 5.32 Å². The summed E-state index contributed by atoms with van der Waals surface area (Å²) in [6, 6.07) is 60.9. The van der Waals surface area contributed by atoms with Gasteiger partial charge < -0.3 is 5.32 Å². The molecule has 5 nitrogen and oxygen atoms in total. The Bertz CT molecular complexity index is 2640. The van der Waals surface area contributed by atoms with E-state index in [1.54, 1.807) is 12.1 Å². The third kappa shape index (κ3) is 5.88. The largest absolute Gasteiger partial charge is 0.355 e. The van der Waals surface area contributed by atoms with E-state index in [4.69, 9.17) is 5.41 Å². The highest BCUT2D eigenvalue weighted by molar-refractivity contribution is 7.26. The molecule has 0 aliphatic carbocycles. The Morgan fingerprint density at radius 1 is 0.673 bits per heavy atom. The maximum Gasteiger partial charge on any atom is 0.144 e. The molecular weight excluding hydrogens is 655 g/mol. The van der Waals surface area contributed by atoms with E-state index < -0.39 is 0 Å². The van der Waals surface area contributed by atoms with Crippen molar-refractivity contribution >= 4 is 48.7 Å². The minimum atomic E-state index is -0.0750. The van der Waals surface area contributed by atoms with Gasteiger partial charge in [-0.3, -0.25) is 10.4 Å². The molecule has 2 unspecified atom stereocenters. The number of hydrazine groups is 1. The van der Waals surface area contributed by atoms with E-state index in [-0.39, 0.29) is 6.17 Å². The van der Waals surface area contributed by atoms with Crippen LogP contribution in [0.3, 0.4) is 0 Å². The van der Waals surface area contributed by atoms with Gasteiger partial charge in [0.1, 0.15) is 12.0 Å². The molecule has 8 aromatic rings. The Kier molecular flexibility index (Phi) is 8.05. The minimum Gasteiger partial charge on any atom is -0.355 e. The Morgan fingerprint density at radius 2 is 1.42 bits per heavy atom. The van der Waals surface area contributed by atoms with Crippen LogP contribution in [0.25, 0.3) is 42.4 Å². The minimum absolute atomic E-state index is 0.0750. The Labute approximate surface area is 306 Å². The molecule has 2 atom stereocenters. The molecule has 1 fully saturated rings. The molecule has 0 radical (unpaired) electrons. The number of nitriles is 1. The van der Waals surface area contributed by atoms with E-state index in [1.165, 1.54) is 31.3 Å². The second kappa shape index (κ2) is 13.3. The molecule has 7 aromatic carbocycles. The zero-order valence-corrected chi connectivity index (χ0v) is 29.0. The molecule has 0 bridgehead atoms. The number of hydrogen-bond donors (Lipinski definition) is 2. The number of benzene rings is 7. The lowest BCUT2D eigenvalue weighted by molar-refractivity contribution is 0.391. The molecule has 0 spiro atoms. The molecule has 6 heteroatoms. The number of hydrogen-bond acceptors (Lipinski definition) is 5. The van der Waals surface area contributed by atoms with Crippen LogP contribution in [-0.2, 0) is 6.54 Å². The number of nitrogens with zero attached hydrogens (tertiary/aromatic N) is 3. The van der Waals surface area contributed by atoms with Crippen molar-refractivity contribution in [1.82, 2.24) is 10.0 Å². The Balaban J connectivity index is 1.05. The number of anilines is 2. The van der Waals surface area contributed by atoms with Crippen LogP contribution in [0.2, 0.25) is 0 Å². The quantitative estimate of drug-likeness (QED) is 0.0948. The van der Waals surface area contributed by atoms with Gasteiger partial charge >= 0.3 is 0 Å². The first kappa shape index (κ1) is 31.5. The van der Waals surface area contributed by atoms with E-state index in [0.29, 0.717) is 17.9 Å². The van der Waals surface area contributed by atoms with Gasteiger partial charge in [0.25, 0.3) is 0 Å². The average Bonchev–Trinajstić information content (AvgIpc) is 3.78. The summed E-state index contributed by atoms with van der Waals surface area (Å²) in [5.74, 6) is 0.373. The molecule has 1 aromatic heterocycles. The predicted molar refractivity (Wildman–Crippen MR) is 214 cm³/mol. The van der Waals surface area contributed by atoms with Gasteiger partial charge in [0, 0.05) is 49.2 Å². The first-order valence-electron chi connectivity index (χ1n) is 17.3. The molecule has 248 valence electrons. The monoisotopic (exact) mass is 687 g/mol. The normalized spacial score (nSPS) is 15.0. The van der Waals surface area contributed by atoms with Gasteiger partial charge in [-0.25, -0.2) is 0 Å². The Morgan fingerprint density at radius 3 is 2.27 bits per heavy atom. The molecular formula is C46H33N5S. The zero-order chi connectivity index (χ0) is 35.0. The second-order valence-corrected chi connectivity index (χ2v) is 14.1. The summed E-state index contributed by atoms with van der Waals surface area (Å²) in [5.41, 5.74) is 10.2. The molecule has 1 aliphatic heterocycles. The third-order valence-electron chi connectivity index (χ3n) is 9.70. The van der Waals surface area contributed by atoms with Crippen molar-refractivity contribution in [1.29, 1.82) is 10.7 Å². The molecule has 2 heterocycles. The van der Waals surface area contributed by atoms with Gasteiger partial charge in [0.15, 0.2) is 0 Å². The number of fused-ring (bicyclic) bond motifs is 3. The molecule has 0 saturated carbocycles. The fraction of sp³-hybridized carbons (Fsp3) is 0.0435. The summed E-state index contributed by atoms with van der Waals surface area (Å²) in [5, 5.41) is 29.2. The van der Waals surface area contributed by atoms with E-state index in [2.05, 4.69) is 144 Å². The third-order valence-corrected chi connectivity index (χ3v) is 10.9. The highest BCUT2D eigenvalue weighted by atomic mass is 32.1. The van der Waals surface area contributed by atoms with Crippen LogP contribution in [0, 0.1) is 16.7 Å². The summed E-state index contributed by atoms with van der Waals surface area (Å²) < 4.78 is 2.59. The fourth-order valence-corrected chi connectivity index (χ4v) is 8.41. The van der Waals surface area contributed by atoms with Crippen molar-refractivity contribution in [3.8, 4) is 28.3 Å². The van der Waals surface area contributed by atoms with Crippen molar-refractivity contribution in [2.24, 2.45) is 0 Å². The maximum absolute atomic E-state index is 9.48. The lowest BCUT2D eigenvalue weighted by atomic mass is 9.97. The number of thiophene rings is 1. The van der Waals surface area contributed by atoms with E-state index >= 15 is 0 Å². The SMILES string of the molecule is N#Cc1cccc(C(=N)N2C(c3ccccc3)N2Cc2cccc(Nc3cc(-c4cccc5c4sc4ccccc45)ccc3-c3ccccc3)c2)c1. The number of rotatable bonds is 8. The molecule has 0 amide bonds. The summed E-state index contributed by atoms with van der Waals surface area (Å²) >= 11 is 1.85. The van der Waals surface area contributed by atoms with Gasteiger partial charge in [-0.2, -0.15) is 10.3 Å². The molecule has 1 saturated heterocycles. The lowest BCUT2D eigenvalue weighted by Gasteiger charge is -2.16. The molecule has 9 rings (SSSR count). The highest BCUT2D eigenvalue weighted by Crippen LogP contribution is 2.45. The van der Waals surface area contributed by atoms with Crippen molar-refractivity contribution < 1.29 is 0 Å². The van der Waals surface area contributed by atoms with Crippen molar-refractivity contribution in [2.45, 2.75) is 12.7 Å². The van der Waals surface area contributed by atoms with E-state index in [9.17, 15) is 5.26 Å².